The molecular weight excluding hydrogens is 424 g/mol. The number of ether oxygens (including phenoxy) is 1. The van der Waals surface area contributed by atoms with Crippen molar-refractivity contribution in [2.24, 2.45) is 13.0 Å². The smallest absolute Gasteiger partial charge is 0.323 e. The highest BCUT2D eigenvalue weighted by atomic mass is 16.5. The molecule has 3 aromatic rings. The Hall–Kier alpha value is -3.01. The number of aromatic nitrogens is 3. The van der Waals surface area contributed by atoms with Gasteiger partial charge in [-0.3, -0.25) is 14.9 Å². The number of hydrogen-bond donors (Lipinski definition) is 3. The first kappa shape index (κ1) is 23.2. The fraction of sp³-hybridized carbons (Fsp3) is 0.458. The molecule has 1 aliphatic rings. The van der Waals surface area contributed by atoms with Crippen LogP contribution in [0.2, 0.25) is 0 Å². The number of hydrogen-bond acceptors (Lipinski definition) is 6. The zero-order valence-corrected chi connectivity index (χ0v) is 19.1. The number of nitrogens with one attached hydrogen (secondary N) is 1. The molecule has 176 valence electrons. The van der Waals surface area contributed by atoms with Crippen LogP contribution in [-0.4, -0.2) is 55.7 Å². The van der Waals surface area contributed by atoms with Crippen LogP contribution >= 0.6 is 0 Å². The zero-order valence-electron chi connectivity index (χ0n) is 19.1. The first-order valence-corrected chi connectivity index (χ1v) is 11.1. The number of benzene rings is 1. The van der Waals surface area contributed by atoms with E-state index in [4.69, 9.17) is 9.72 Å². The maximum atomic E-state index is 12.2. The lowest BCUT2D eigenvalue weighted by atomic mass is 10.1. The number of aliphatic hydroxyl groups is 1. The monoisotopic (exact) mass is 454 g/mol. The Balaban J connectivity index is 1.75. The number of aliphatic hydroxyl groups excluding tert-OH is 1. The molecule has 9 nitrogen and oxygen atoms in total. The summed E-state index contributed by atoms with van der Waals surface area (Å²) in [4.78, 5) is 28.5. The molecule has 4 rings (SSSR count). The number of carbonyl (C=O) groups is 1. The van der Waals surface area contributed by atoms with Gasteiger partial charge < -0.3 is 24.1 Å². The van der Waals surface area contributed by atoms with Gasteiger partial charge in [0.1, 0.15) is 11.9 Å². The number of pyridine rings is 1. The molecule has 1 unspecified atom stereocenters. The maximum absolute atomic E-state index is 12.2. The molecule has 0 amide bonds. The van der Waals surface area contributed by atoms with Crippen LogP contribution in [0.4, 0.5) is 0 Å². The third kappa shape index (κ3) is 4.85. The van der Waals surface area contributed by atoms with Gasteiger partial charge in [0.05, 0.1) is 23.7 Å². The number of imidazole rings is 1. The molecule has 0 aliphatic carbocycles. The van der Waals surface area contributed by atoms with Gasteiger partial charge in [-0.1, -0.05) is 6.07 Å². The number of nitrogens with zero attached hydrogens (tertiary/aromatic N) is 3. The van der Waals surface area contributed by atoms with E-state index in [9.17, 15) is 19.8 Å². The highest BCUT2D eigenvalue weighted by molar-refractivity contribution is 5.81. The number of fused-ring (bicyclic) bond motifs is 1. The quantitative estimate of drug-likeness (QED) is 0.474. The number of carboxylic acids is 1. The molecule has 1 aromatic carbocycles. The summed E-state index contributed by atoms with van der Waals surface area (Å²) in [6.45, 7) is 5.72. The summed E-state index contributed by atoms with van der Waals surface area (Å²) in [5.41, 5.74) is 4.13. The zero-order chi connectivity index (χ0) is 23.7. The summed E-state index contributed by atoms with van der Waals surface area (Å²) in [7, 11) is 1.74. The summed E-state index contributed by atoms with van der Waals surface area (Å²) in [5.74, 6) is 0.0565. The normalized spacial score (nSPS) is 18.0. The van der Waals surface area contributed by atoms with Gasteiger partial charge in [-0.15, -0.1) is 0 Å². The van der Waals surface area contributed by atoms with Crippen molar-refractivity contribution in [3.05, 3.63) is 51.9 Å². The molecule has 0 saturated carbocycles. The van der Waals surface area contributed by atoms with Crippen LogP contribution in [0, 0.1) is 12.8 Å². The predicted octanol–water partition coefficient (Wildman–Crippen LogP) is 1.67. The second-order valence-electron chi connectivity index (χ2n) is 8.86. The molecule has 2 aromatic heterocycles. The summed E-state index contributed by atoms with van der Waals surface area (Å²) in [5, 5.41) is 22.0. The van der Waals surface area contributed by atoms with E-state index in [1.54, 1.807) is 24.7 Å². The molecule has 1 saturated heterocycles. The van der Waals surface area contributed by atoms with Crippen LogP contribution in [0.1, 0.15) is 24.5 Å². The molecule has 9 heteroatoms. The standard InChI is InChI=1S/C24H30N4O5/c1-14-8-18(12-27(3)23(14)30)22-26-19-5-4-16(10-25-21(15(2)29)24(31)32)9-20(19)28(22)11-17-6-7-33-13-17/h4-5,8-9,12,15,17,21,25,29H,6-7,10-11,13H2,1-3H3,(H,31,32)/t15-,17?,21+/m1/s1. The Kier molecular flexibility index (Phi) is 6.64. The highest BCUT2D eigenvalue weighted by Gasteiger charge is 2.23. The minimum atomic E-state index is -1.09. The van der Waals surface area contributed by atoms with Crippen molar-refractivity contribution < 1.29 is 19.7 Å². The molecule has 1 aliphatic heterocycles. The second-order valence-corrected chi connectivity index (χ2v) is 8.86. The van der Waals surface area contributed by atoms with Crippen molar-refractivity contribution >= 4 is 17.0 Å². The lowest BCUT2D eigenvalue weighted by Crippen LogP contribution is -2.44. The molecule has 0 bridgehead atoms. The van der Waals surface area contributed by atoms with E-state index < -0.39 is 18.1 Å². The van der Waals surface area contributed by atoms with E-state index in [1.165, 1.54) is 6.92 Å². The summed E-state index contributed by atoms with van der Waals surface area (Å²) < 4.78 is 9.32. The summed E-state index contributed by atoms with van der Waals surface area (Å²) in [6.07, 6.45) is 1.76. The lowest BCUT2D eigenvalue weighted by molar-refractivity contribution is -0.142. The summed E-state index contributed by atoms with van der Waals surface area (Å²) in [6, 6.07) is 6.65. The Morgan fingerprint density at radius 1 is 1.36 bits per heavy atom. The van der Waals surface area contributed by atoms with Crippen LogP contribution in [-0.2, 0) is 29.7 Å². The average molecular weight is 455 g/mol. The van der Waals surface area contributed by atoms with Crippen molar-refractivity contribution in [2.45, 2.75) is 45.5 Å². The first-order chi connectivity index (χ1) is 15.7. The first-order valence-electron chi connectivity index (χ1n) is 11.1. The fourth-order valence-electron chi connectivity index (χ4n) is 4.36. The topological polar surface area (TPSA) is 119 Å². The number of aliphatic carboxylic acids is 1. The van der Waals surface area contributed by atoms with Crippen LogP contribution in [0.3, 0.4) is 0 Å². The van der Waals surface area contributed by atoms with Crippen LogP contribution in [0.5, 0.6) is 0 Å². The van der Waals surface area contributed by atoms with Crippen LogP contribution in [0.15, 0.2) is 35.3 Å². The maximum Gasteiger partial charge on any atom is 0.323 e. The summed E-state index contributed by atoms with van der Waals surface area (Å²) >= 11 is 0. The molecule has 3 atom stereocenters. The van der Waals surface area contributed by atoms with Gasteiger partial charge in [-0.2, -0.15) is 0 Å². The van der Waals surface area contributed by atoms with Crippen molar-refractivity contribution in [1.82, 2.24) is 19.4 Å². The molecular formula is C24H30N4O5. The third-order valence-electron chi connectivity index (χ3n) is 6.17. The van der Waals surface area contributed by atoms with Crippen LogP contribution in [0.25, 0.3) is 22.4 Å². The van der Waals surface area contributed by atoms with Crippen molar-refractivity contribution in [3.8, 4) is 11.4 Å². The predicted molar refractivity (Wildman–Crippen MR) is 124 cm³/mol. The minimum Gasteiger partial charge on any atom is -0.480 e. The third-order valence-corrected chi connectivity index (χ3v) is 6.17. The van der Waals surface area contributed by atoms with Gasteiger partial charge in [-0.25, -0.2) is 4.98 Å². The van der Waals surface area contributed by atoms with E-state index in [1.807, 2.05) is 24.3 Å². The van der Waals surface area contributed by atoms with Gasteiger partial charge in [0.2, 0.25) is 0 Å². The molecule has 33 heavy (non-hydrogen) atoms. The number of carboxylic acid groups (broad SMARTS) is 1. The SMILES string of the molecule is Cc1cc(-c2nc3ccc(CN[C@H](C(=O)O)[C@@H](C)O)cc3n2CC2CCOC2)cn(C)c1=O. The Morgan fingerprint density at radius 2 is 2.15 bits per heavy atom. The van der Waals surface area contributed by atoms with Gasteiger partial charge in [0, 0.05) is 50.0 Å². The molecule has 0 radical (unpaired) electrons. The van der Waals surface area contributed by atoms with Gasteiger partial charge >= 0.3 is 5.97 Å². The highest BCUT2D eigenvalue weighted by Crippen LogP contribution is 2.28. The number of aryl methyl sites for hydroxylation is 2. The van der Waals surface area contributed by atoms with Crippen molar-refractivity contribution in [2.75, 3.05) is 13.2 Å². The van der Waals surface area contributed by atoms with Gasteiger partial charge in [0.25, 0.3) is 5.56 Å². The Morgan fingerprint density at radius 3 is 2.79 bits per heavy atom. The van der Waals surface area contributed by atoms with Crippen molar-refractivity contribution in [1.29, 1.82) is 0 Å². The Labute approximate surface area is 191 Å². The van der Waals surface area contributed by atoms with Crippen molar-refractivity contribution in [3.63, 3.8) is 0 Å². The average Bonchev–Trinajstić information content (AvgIpc) is 3.40. The van der Waals surface area contributed by atoms with E-state index in [0.717, 1.165) is 47.6 Å². The largest absolute Gasteiger partial charge is 0.480 e. The van der Waals surface area contributed by atoms with Gasteiger partial charge in [0.15, 0.2) is 0 Å². The van der Waals surface area contributed by atoms with E-state index in [0.29, 0.717) is 24.6 Å². The Bertz CT molecular complexity index is 1200. The lowest BCUT2D eigenvalue weighted by Gasteiger charge is -2.17. The van der Waals surface area contributed by atoms with Gasteiger partial charge in [-0.05, 0) is 44.0 Å². The molecule has 1 fully saturated rings. The second kappa shape index (κ2) is 9.46. The molecule has 3 N–H and O–H groups in total. The number of rotatable bonds is 8. The fourth-order valence-corrected chi connectivity index (χ4v) is 4.36. The van der Waals surface area contributed by atoms with E-state index in [-0.39, 0.29) is 5.56 Å². The van der Waals surface area contributed by atoms with E-state index in [2.05, 4.69) is 9.88 Å². The van der Waals surface area contributed by atoms with E-state index >= 15 is 0 Å². The van der Waals surface area contributed by atoms with Crippen LogP contribution < -0.4 is 10.9 Å². The molecule has 3 heterocycles. The minimum absolute atomic E-state index is 0.0370. The molecule has 0 spiro atoms.